The average molecular weight is 407 g/mol. The maximum atomic E-state index is 11.8. The summed E-state index contributed by atoms with van der Waals surface area (Å²) in [6.07, 6.45) is 21.6. The number of unbranched alkanes of at least 4 members (excludes halogenated alkanes) is 11. The fourth-order valence-electron chi connectivity index (χ4n) is 3.11. The second-order valence-electron chi connectivity index (χ2n) is 7.54. The van der Waals surface area contributed by atoms with Crippen molar-refractivity contribution in [1.82, 2.24) is 0 Å². The van der Waals surface area contributed by atoms with Crippen molar-refractivity contribution in [3.8, 4) is 5.75 Å². The van der Waals surface area contributed by atoms with Gasteiger partial charge in [-0.25, -0.2) is 0 Å². The number of rotatable bonds is 17. The van der Waals surface area contributed by atoms with Crippen LogP contribution in [0.3, 0.4) is 0 Å². The normalized spacial score (nSPS) is 11.2. The number of allylic oxidation sites excluding steroid dienone is 2. The summed E-state index contributed by atoms with van der Waals surface area (Å²) in [4.78, 5) is 23.5. The molecule has 1 heterocycles. The number of esters is 1. The topological polar surface area (TPSA) is 76.7 Å². The molecular weight excluding hydrogens is 368 g/mol. The molecule has 1 rings (SSSR count). The Morgan fingerprint density at radius 1 is 0.966 bits per heavy atom. The molecule has 0 unspecified atom stereocenters. The minimum atomic E-state index is -0.460. The van der Waals surface area contributed by atoms with Gasteiger partial charge in [0.05, 0.1) is 0 Å². The summed E-state index contributed by atoms with van der Waals surface area (Å²) in [5, 5.41) is 8.89. The second kappa shape index (κ2) is 17.0. The van der Waals surface area contributed by atoms with E-state index in [1.807, 2.05) is 0 Å². The summed E-state index contributed by atoms with van der Waals surface area (Å²) >= 11 is 0. The molecule has 1 aromatic heterocycles. The van der Waals surface area contributed by atoms with Crippen LogP contribution < -0.4 is 10.2 Å². The Labute approximate surface area is 175 Å². The largest absolute Gasteiger partial charge is 0.463 e. The molecule has 1 N–H and O–H groups in total. The number of aliphatic hydroxyl groups excluding tert-OH is 1. The minimum Gasteiger partial charge on any atom is -0.463 e. The van der Waals surface area contributed by atoms with Gasteiger partial charge in [0, 0.05) is 12.5 Å². The van der Waals surface area contributed by atoms with Crippen molar-refractivity contribution in [2.24, 2.45) is 0 Å². The van der Waals surface area contributed by atoms with Crippen LogP contribution >= 0.6 is 0 Å². The van der Waals surface area contributed by atoms with Crippen molar-refractivity contribution < 1.29 is 19.1 Å². The van der Waals surface area contributed by atoms with Crippen LogP contribution in [-0.2, 0) is 11.4 Å². The second-order valence-corrected chi connectivity index (χ2v) is 7.54. The van der Waals surface area contributed by atoms with Crippen LogP contribution in [0, 0.1) is 0 Å². The lowest BCUT2D eigenvalue weighted by Crippen LogP contribution is -2.14. The zero-order chi connectivity index (χ0) is 21.2. The summed E-state index contributed by atoms with van der Waals surface area (Å²) in [7, 11) is 0. The molecule has 0 bridgehead atoms. The Balaban J connectivity index is 1.96. The van der Waals surface area contributed by atoms with Crippen molar-refractivity contribution in [1.29, 1.82) is 0 Å². The first-order valence-electron chi connectivity index (χ1n) is 11.3. The highest BCUT2D eigenvalue weighted by Crippen LogP contribution is 2.11. The average Bonchev–Trinajstić information content (AvgIpc) is 2.72. The van der Waals surface area contributed by atoms with E-state index in [4.69, 9.17) is 14.3 Å². The lowest BCUT2D eigenvalue weighted by Gasteiger charge is -2.04. The van der Waals surface area contributed by atoms with Gasteiger partial charge in [0.2, 0.25) is 11.2 Å². The van der Waals surface area contributed by atoms with Crippen LogP contribution in [0.15, 0.2) is 33.7 Å². The third-order valence-electron chi connectivity index (χ3n) is 4.87. The Bertz CT molecular complexity index is 632. The smallest absolute Gasteiger partial charge is 0.311 e. The molecular formula is C24H38O5. The molecule has 0 aliphatic heterocycles. The van der Waals surface area contributed by atoms with Gasteiger partial charge in [-0.3, -0.25) is 9.59 Å². The molecule has 0 saturated carbocycles. The predicted octanol–water partition coefficient (Wildman–Crippen LogP) is 6.08. The lowest BCUT2D eigenvalue weighted by atomic mass is 10.1. The molecule has 0 saturated heterocycles. The van der Waals surface area contributed by atoms with Gasteiger partial charge in [0.1, 0.15) is 18.6 Å². The summed E-state index contributed by atoms with van der Waals surface area (Å²) in [6.45, 7) is 1.89. The lowest BCUT2D eigenvalue weighted by molar-refractivity contribution is -0.134. The van der Waals surface area contributed by atoms with Gasteiger partial charge in [-0.1, -0.05) is 70.4 Å². The first kappa shape index (κ1) is 25.2. The summed E-state index contributed by atoms with van der Waals surface area (Å²) in [5.74, 6) is -0.404. The quantitative estimate of drug-likeness (QED) is 0.193. The minimum absolute atomic E-state index is 0.125. The van der Waals surface area contributed by atoms with E-state index in [1.54, 1.807) is 0 Å². The first-order valence-corrected chi connectivity index (χ1v) is 11.3. The van der Waals surface area contributed by atoms with Gasteiger partial charge in [-0.2, -0.15) is 0 Å². The van der Waals surface area contributed by atoms with Crippen molar-refractivity contribution in [3.05, 3.63) is 40.5 Å². The molecule has 0 spiro atoms. The first-order chi connectivity index (χ1) is 14.2. The van der Waals surface area contributed by atoms with Gasteiger partial charge in [0.25, 0.3) is 0 Å². The summed E-state index contributed by atoms with van der Waals surface area (Å²) in [6, 6.07) is 1.13. The molecule has 0 atom stereocenters. The van der Waals surface area contributed by atoms with E-state index in [1.165, 1.54) is 57.8 Å². The van der Waals surface area contributed by atoms with Crippen molar-refractivity contribution in [2.45, 2.75) is 103 Å². The van der Waals surface area contributed by atoms with Crippen LogP contribution in [-0.4, -0.2) is 11.1 Å². The molecule has 0 amide bonds. The number of aliphatic hydroxyl groups is 1. The number of ether oxygens (including phenoxy) is 1. The number of hydrogen-bond donors (Lipinski definition) is 1. The molecule has 1 aromatic rings. The summed E-state index contributed by atoms with van der Waals surface area (Å²) in [5.41, 5.74) is -0.460. The number of carbonyl (C=O) groups excluding carboxylic acids is 1. The Morgan fingerprint density at radius 3 is 2.14 bits per heavy atom. The standard InChI is InChI=1S/C24H38O5/c1-2-3-4-5-6-7-8-9-10-11-12-13-14-15-16-17-24(27)29-23-20-28-21(19-25)18-22(23)26/h9-10,18,20,25H,2-8,11-17,19H2,1H3. The molecule has 0 aromatic carbocycles. The third-order valence-corrected chi connectivity index (χ3v) is 4.87. The highest BCUT2D eigenvalue weighted by Gasteiger charge is 2.09. The van der Waals surface area contributed by atoms with Crippen LogP contribution in [0.4, 0.5) is 0 Å². The van der Waals surface area contributed by atoms with Crippen molar-refractivity contribution in [2.75, 3.05) is 0 Å². The van der Waals surface area contributed by atoms with E-state index in [9.17, 15) is 9.59 Å². The van der Waals surface area contributed by atoms with E-state index < -0.39 is 11.4 Å². The molecule has 0 aliphatic rings. The zero-order valence-electron chi connectivity index (χ0n) is 18.0. The van der Waals surface area contributed by atoms with E-state index in [-0.39, 0.29) is 18.1 Å². The highest BCUT2D eigenvalue weighted by atomic mass is 16.5. The zero-order valence-corrected chi connectivity index (χ0v) is 18.0. The molecule has 29 heavy (non-hydrogen) atoms. The molecule has 5 nitrogen and oxygen atoms in total. The van der Waals surface area contributed by atoms with Gasteiger partial charge in [-0.15, -0.1) is 0 Å². The Hall–Kier alpha value is -1.88. The van der Waals surface area contributed by atoms with Gasteiger partial charge < -0.3 is 14.3 Å². The molecule has 0 aliphatic carbocycles. The van der Waals surface area contributed by atoms with Gasteiger partial charge >= 0.3 is 5.97 Å². The van der Waals surface area contributed by atoms with E-state index in [2.05, 4.69) is 19.1 Å². The maximum absolute atomic E-state index is 11.8. The van der Waals surface area contributed by atoms with E-state index in [0.717, 1.165) is 38.0 Å². The molecule has 164 valence electrons. The van der Waals surface area contributed by atoms with Gasteiger partial charge in [0.15, 0.2) is 0 Å². The Kier molecular flexibility index (Phi) is 14.8. The van der Waals surface area contributed by atoms with E-state index in [0.29, 0.717) is 6.42 Å². The molecule has 5 heteroatoms. The fourth-order valence-corrected chi connectivity index (χ4v) is 3.11. The predicted molar refractivity (Wildman–Crippen MR) is 116 cm³/mol. The number of hydrogen-bond acceptors (Lipinski definition) is 5. The molecule has 0 fully saturated rings. The highest BCUT2D eigenvalue weighted by molar-refractivity contribution is 5.72. The monoisotopic (exact) mass is 406 g/mol. The van der Waals surface area contributed by atoms with Crippen molar-refractivity contribution >= 4 is 5.97 Å². The van der Waals surface area contributed by atoms with Crippen LogP contribution in [0.25, 0.3) is 0 Å². The Morgan fingerprint density at radius 2 is 1.55 bits per heavy atom. The van der Waals surface area contributed by atoms with Crippen LogP contribution in [0.1, 0.15) is 103 Å². The van der Waals surface area contributed by atoms with E-state index >= 15 is 0 Å². The SMILES string of the molecule is CCCCCCCCC=CCCCCCCCC(=O)Oc1coc(CO)cc1=O. The maximum Gasteiger partial charge on any atom is 0.311 e. The van der Waals surface area contributed by atoms with Crippen LogP contribution in [0.2, 0.25) is 0 Å². The summed E-state index contributed by atoms with van der Waals surface area (Å²) < 4.78 is 10.0. The third kappa shape index (κ3) is 13.1. The number of carbonyl (C=O) groups is 1. The molecule has 0 radical (unpaired) electrons. The van der Waals surface area contributed by atoms with Crippen molar-refractivity contribution in [3.63, 3.8) is 0 Å². The van der Waals surface area contributed by atoms with Gasteiger partial charge in [-0.05, 0) is 32.1 Å². The fraction of sp³-hybridized carbons (Fsp3) is 0.667. The van der Waals surface area contributed by atoms with Crippen LogP contribution in [0.5, 0.6) is 5.75 Å².